The molecule has 1 aromatic carbocycles. The van der Waals surface area contributed by atoms with Gasteiger partial charge in [-0.15, -0.1) is 0 Å². The van der Waals surface area contributed by atoms with Gasteiger partial charge in [-0.25, -0.2) is 0 Å². The van der Waals surface area contributed by atoms with Gasteiger partial charge in [0.05, 0.1) is 23.4 Å². The summed E-state index contributed by atoms with van der Waals surface area (Å²) >= 11 is 0. The van der Waals surface area contributed by atoms with Gasteiger partial charge in [0.2, 0.25) is 0 Å². The number of fused-ring (bicyclic) bond motifs is 1. The molecule has 3 aromatic rings. The van der Waals surface area contributed by atoms with Crippen molar-refractivity contribution >= 4 is 22.3 Å². The molecule has 0 spiro atoms. The van der Waals surface area contributed by atoms with Crippen LogP contribution in [0.4, 0.5) is 11.4 Å². The quantitative estimate of drug-likeness (QED) is 0.702. The summed E-state index contributed by atoms with van der Waals surface area (Å²) in [6.07, 6.45) is 3.70. The molecule has 0 radical (unpaired) electrons. The lowest BCUT2D eigenvalue weighted by Crippen LogP contribution is -2.03. The van der Waals surface area contributed by atoms with Crippen LogP contribution >= 0.6 is 0 Å². The first-order valence-electron chi connectivity index (χ1n) is 6.09. The molecule has 5 nitrogen and oxygen atoms in total. The van der Waals surface area contributed by atoms with Crippen molar-refractivity contribution in [2.24, 2.45) is 7.05 Å². The van der Waals surface area contributed by atoms with E-state index < -0.39 is 0 Å². The van der Waals surface area contributed by atoms with Crippen molar-refractivity contribution in [2.75, 3.05) is 11.1 Å². The van der Waals surface area contributed by atoms with Crippen LogP contribution in [-0.4, -0.2) is 14.8 Å². The molecule has 0 aliphatic rings. The Balaban J connectivity index is 1.91. The molecule has 2 heterocycles. The van der Waals surface area contributed by atoms with Gasteiger partial charge < -0.3 is 11.1 Å². The summed E-state index contributed by atoms with van der Waals surface area (Å²) < 4.78 is 1.79. The number of nitrogens with zero attached hydrogens (tertiary/aromatic N) is 3. The van der Waals surface area contributed by atoms with Crippen LogP contribution in [0.3, 0.4) is 0 Å². The molecule has 3 rings (SSSR count). The number of hydrogen-bond donors (Lipinski definition) is 2. The number of aryl methyl sites for hydroxylation is 1. The van der Waals surface area contributed by atoms with E-state index in [2.05, 4.69) is 15.4 Å². The van der Waals surface area contributed by atoms with E-state index in [1.807, 2.05) is 43.6 Å². The minimum Gasteiger partial charge on any atom is -0.398 e. The molecule has 0 aliphatic carbocycles. The van der Waals surface area contributed by atoms with Crippen LogP contribution in [0.2, 0.25) is 0 Å². The topological polar surface area (TPSA) is 68.8 Å². The highest BCUT2D eigenvalue weighted by Gasteiger charge is 2.05. The van der Waals surface area contributed by atoms with Gasteiger partial charge in [0.15, 0.2) is 0 Å². The zero-order chi connectivity index (χ0) is 13.2. The minimum absolute atomic E-state index is 0.663. The average Bonchev–Trinajstić information content (AvgIpc) is 2.84. The van der Waals surface area contributed by atoms with Crippen molar-refractivity contribution in [1.82, 2.24) is 14.8 Å². The van der Waals surface area contributed by atoms with Gasteiger partial charge in [0, 0.05) is 30.5 Å². The van der Waals surface area contributed by atoms with E-state index in [1.165, 1.54) is 0 Å². The predicted molar refractivity (Wildman–Crippen MR) is 76.7 cm³/mol. The zero-order valence-corrected chi connectivity index (χ0v) is 10.7. The molecule has 0 saturated heterocycles. The van der Waals surface area contributed by atoms with E-state index in [0.29, 0.717) is 6.54 Å². The van der Waals surface area contributed by atoms with Crippen LogP contribution < -0.4 is 11.1 Å². The van der Waals surface area contributed by atoms with Crippen molar-refractivity contribution in [3.05, 3.63) is 48.4 Å². The highest BCUT2D eigenvalue weighted by Crippen LogP contribution is 2.26. The Bertz CT molecular complexity index is 717. The first kappa shape index (κ1) is 11.5. The van der Waals surface area contributed by atoms with Gasteiger partial charge in [-0.2, -0.15) is 5.10 Å². The largest absolute Gasteiger partial charge is 0.398 e. The first-order chi connectivity index (χ1) is 9.24. The fourth-order valence-corrected chi connectivity index (χ4v) is 2.08. The molecular weight excluding hydrogens is 238 g/mol. The Morgan fingerprint density at radius 3 is 2.95 bits per heavy atom. The van der Waals surface area contributed by atoms with Gasteiger partial charge in [0.25, 0.3) is 0 Å². The normalized spacial score (nSPS) is 10.8. The Kier molecular flexibility index (Phi) is 2.79. The Hall–Kier alpha value is -2.56. The maximum absolute atomic E-state index is 5.95. The third kappa shape index (κ3) is 2.22. The molecule has 3 N–H and O–H groups in total. The Morgan fingerprint density at radius 2 is 2.16 bits per heavy atom. The number of nitrogens with two attached hydrogens (primary N) is 1. The Labute approximate surface area is 111 Å². The summed E-state index contributed by atoms with van der Waals surface area (Å²) in [5, 5.41) is 8.65. The molecule has 0 unspecified atom stereocenters. The van der Waals surface area contributed by atoms with Crippen LogP contribution in [0.15, 0.2) is 42.7 Å². The van der Waals surface area contributed by atoms with E-state index in [0.717, 1.165) is 28.0 Å². The van der Waals surface area contributed by atoms with Crippen molar-refractivity contribution in [3.63, 3.8) is 0 Å². The highest BCUT2D eigenvalue weighted by atomic mass is 15.3. The van der Waals surface area contributed by atoms with Crippen LogP contribution in [0, 0.1) is 0 Å². The van der Waals surface area contributed by atoms with Gasteiger partial charge >= 0.3 is 0 Å². The molecule has 0 fully saturated rings. The summed E-state index contributed by atoms with van der Waals surface area (Å²) in [6, 6.07) is 9.70. The zero-order valence-electron chi connectivity index (χ0n) is 10.7. The fourth-order valence-electron chi connectivity index (χ4n) is 2.08. The number of nitrogen functional groups attached to an aromatic ring is 1. The van der Waals surface area contributed by atoms with Gasteiger partial charge in [-0.3, -0.25) is 9.67 Å². The second-order valence-electron chi connectivity index (χ2n) is 4.44. The van der Waals surface area contributed by atoms with Crippen molar-refractivity contribution < 1.29 is 0 Å². The Morgan fingerprint density at radius 1 is 1.26 bits per heavy atom. The van der Waals surface area contributed by atoms with Crippen LogP contribution in [0.5, 0.6) is 0 Å². The van der Waals surface area contributed by atoms with Gasteiger partial charge in [0.1, 0.15) is 0 Å². The molecule has 0 amide bonds. The summed E-state index contributed by atoms with van der Waals surface area (Å²) in [6.45, 7) is 0.663. The highest BCUT2D eigenvalue weighted by molar-refractivity contribution is 5.98. The standard InChI is InChI=1S/C14H15N5/c1-19-8-6-10(18-19)9-17-13-5-4-12(15)11-3-2-7-16-14(11)13/h2-8,17H,9,15H2,1H3. The molecule has 0 atom stereocenters. The molecule has 19 heavy (non-hydrogen) atoms. The van der Waals surface area contributed by atoms with Crippen molar-refractivity contribution in [2.45, 2.75) is 6.54 Å². The minimum atomic E-state index is 0.663. The second kappa shape index (κ2) is 4.61. The monoisotopic (exact) mass is 253 g/mol. The molecule has 0 bridgehead atoms. The van der Waals surface area contributed by atoms with Crippen LogP contribution in [-0.2, 0) is 13.6 Å². The number of nitrogens with one attached hydrogen (secondary N) is 1. The van der Waals surface area contributed by atoms with Crippen molar-refractivity contribution in [3.8, 4) is 0 Å². The number of pyridine rings is 1. The van der Waals surface area contributed by atoms with Crippen molar-refractivity contribution in [1.29, 1.82) is 0 Å². The smallest absolute Gasteiger partial charge is 0.0953 e. The maximum Gasteiger partial charge on any atom is 0.0953 e. The van der Waals surface area contributed by atoms with Gasteiger partial charge in [-0.1, -0.05) is 0 Å². The third-order valence-electron chi connectivity index (χ3n) is 3.03. The number of anilines is 2. The number of hydrogen-bond acceptors (Lipinski definition) is 4. The average molecular weight is 253 g/mol. The van der Waals surface area contributed by atoms with Crippen LogP contribution in [0.1, 0.15) is 5.69 Å². The molecule has 2 aromatic heterocycles. The van der Waals surface area contributed by atoms with E-state index >= 15 is 0 Å². The van der Waals surface area contributed by atoms with Gasteiger partial charge in [-0.05, 0) is 30.3 Å². The first-order valence-corrected chi connectivity index (χ1v) is 6.09. The van der Waals surface area contributed by atoms with E-state index in [-0.39, 0.29) is 0 Å². The fraction of sp³-hybridized carbons (Fsp3) is 0.143. The third-order valence-corrected chi connectivity index (χ3v) is 3.03. The van der Waals surface area contributed by atoms with E-state index in [1.54, 1.807) is 10.9 Å². The lowest BCUT2D eigenvalue weighted by atomic mass is 10.1. The predicted octanol–water partition coefficient (Wildman–Crippen LogP) is 2.16. The lowest BCUT2D eigenvalue weighted by Gasteiger charge is -2.09. The molecular formula is C14H15N5. The lowest BCUT2D eigenvalue weighted by molar-refractivity contribution is 0.747. The van der Waals surface area contributed by atoms with Crippen LogP contribution in [0.25, 0.3) is 10.9 Å². The summed E-state index contributed by atoms with van der Waals surface area (Å²) in [7, 11) is 1.91. The summed E-state index contributed by atoms with van der Waals surface area (Å²) in [4.78, 5) is 4.39. The number of benzene rings is 1. The maximum atomic E-state index is 5.95. The molecule has 96 valence electrons. The molecule has 0 aliphatic heterocycles. The van der Waals surface area contributed by atoms with E-state index in [4.69, 9.17) is 5.73 Å². The second-order valence-corrected chi connectivity index (χ2v) is 4.44. The SMILES string of the molecule is Cn1ccc(CNc2ccc(N)c3cccnc23)n1. The number of rotatable bonds is 3. The summed E-state index contributed by atoms with van der Waals surface area (Å²) in [5.74, 6) is 0. The number of aromatic nitrogens is 3. The molecule has 0 saturated carbocycles. The van der Waals surface area contributed by atoms with E-state index in [9.17, 15) is 0 Å². The molecule has 5 heteroatoms. The summed E-state index contributed by atoms with van der Waals surface area (Å²) in [5.41, 5.74) is 9.54.